The van der Waals surface area contributed by atoms with Gasteiger partial charge in [-0.3, -0.25) is 4.98 Å². The minimum Gasteiger partial charge on any atom is -0.386 e. The zero-order valence-electron chi connectivity index (χ0n) is 11.5. The van der Waals surface area contributed by atoms with E-state index in [9.17, 15) is 5.11 Å². The molecular weight excluding hydrogens is 260 g/mol. The fraction of sp³-hybridized carbons (Fsp3) is 0.167. The Bertz CT molecular complexity index is 800. The van der Waals surface area contributed by atoms with Crippen LogP contribution in [-0.4, -0.2) is 10.1 Å². The predicted molar refractivity (Wildman–Crippen MR) is 82.7 cm³/mol. The van der Waals surface area contributed by atoms with Crippen molar-refractivity contribution in [2.45, 2.75) is 18.7 Å². The maximum Gasteiger partial charge on any atom is 0.0985 e. The van der Waals surface area contributed by atoms with Gasteiger partial charge in [0.2, 0.25) is 0 Å². The first kappa shape index (κ1) is 12.5. The summed E-state index contributed by atoms with van der Waals surface area (Å²) in [5, 5.41) is 15.2. The first-order valence-corrected chi connectivity index (χ1v) is 7.17. The van der Waals surface area contributed by atoms with Crippen LogP contribution >= 0.6 is 0 Å². The van der Waals surface area contributed by atoms with Gasteiger partial charge in [0.15, 0.2) is 0 Å². The van der Waals surface area contributed by atoms with Gasteiger partial charge in [0.25, 0.3) is 0 Å². The van der Waals surface area contributed by atoms with E-state index in [4.69, 9.17) is 0 Å². The van der Waals surface area contributed by atoms with Crippen molar-refractivity contribution in [2.75, 3.05) is 0 Å². The SMILES string of the molecule is OC(c1ccc2ncccc2c1)C1NCc2ccccc21. The lowest BCUT2D eigenvalue weighted by atomic mass is 9.95. The number of nitrogens with zero attached hydrogens (tertiary/aromatic N) is 1. The van der Waals surface area contributed by atoms with Gasteiger partial charge in [0.1, 0.15) is 0 Å². The largest absolute Gasteiger partial charge is 0.386 e. The van der Waals surface area contributed by atoms with E-state index in [1.54, 1.807) is 6.20 Å². The second-order valence-electron chi connectivity index (χ2n) is 5.46. The summed E-state index contributed by atoms with van der Waals surface area (Å²) < 4.78 is 0. The molecule has 1 aliphatic rings. The van der Waals surface area contributed by atoms with E-state index in [1.807, 2.05) is 42.5 Å². The minimum atomic E-state index is -0.557. The summed E-state index contributed by atoms with van der Waals surface area (Å²) in [6.07, 6.45) is 1.23. The molecule has 2 aromatic carbocycles. The minimum absolute atomic E-state index is 0.0460. The zero-order chi connectivity index (χ0) is 14.2. The summed E-state index contributed by atoms with van der Waals surface area (Å²) in [4.78, 5) is 4.32. The van der Waals surface area contributed by atoms with E-state index in [2.05, 4.69) is 22.4 Å². The van der Waals surface area contributed by atoms with E-state index in [-0.39, 0.29) is 6.04 Å². The van der Waals surface area contributed by atoms with Crippen molar-refractivity contribution >= 4 is 10.9 Å². The van der Waals surface area contributed by atoms with Gasteiger partial charge in [0, 0.05) is 18.1 Å². The van der Waals surface area contributed by atoms with Gasteiger partial charge in [-0.05, 0) is 34.9 Å². The Hall–Kier alpha value is -2.23. The number of pyridine rings is 1. The maximum absolute atomic E-state index is 10.7. The topological polar surface area (TPSA) is 45.2 Å². The summed E-state index contributed by atoms with van der Waals surface area (Å²) in [6, 6.07) is 18.1. The van der Waals surface area contributed by atoms with Crippen LogP contribution in [0.5, 0.6) is 0 Å². The fourth-order valence-corrected chi connectivity index (χ4v) is 3.08. The highest BCUT2D eigenvalue weighted by atomic mass is 16.3. The predicted octanol–water partition coefficient (Wildman–Crippen LogP) is 3.11. The van der Waals surface area contributed by atoms with Crippen molar-refractivity contribution < 1.29 is 5.11 Å². The van der Waals surface area contributed by atoms with E-state index in [1.165, 1.54) is 11.1 Å². The van der Waals surface area contributed by atoms with Gasteiger partial charge >= 0.3 is 0 Å². The molecule has 2 atom stereocenters. The van der Waals surface area contributed by atoms with Crippen molar-refractivity contribution in [1.82, 2.24) is 10.3 Å². The Morgan fingerprint density at radius 1 is 1.10 bits per heavy atom. The number of hydrogen-bond acceptors (Lipinski definition) is 3. The molecule has 2 N–H and O–H groups in total. The van der Waals surface area contributed by atoms with Crippen LogP contribution in [0.3, 0.4) is 0 Å². The molecule has 104 valence electrons. The Kier molecular flexibility index (Phi) is 2.95. The van der Waals surface area contributed by atoms with Gasteiger partial charge in [0.05, 0.1) is 17.7 Å². The molecule has 0 saturated heterocycles. The van der Waals surface area contributed by atoms with Crippen LogP contribution in [0.15, 0.2) is 60.8 Å². The normalized spacial score (nSPS) is 18.6. The lowest BCUT2D eigenvalue weighted by Crippen LogP contribution is -2.20. The highest BCUT2D eigenvalue weighted by Crippen LogP contribution is 2.35. The summed E-state index contributed by atoms with van der Waals surface area (Å²) >= 11 is 0. The van der Waals surface area contributed by atoms with Crippen LogP contribution in [0.2, 0.25) is 0 Å². The number of nitrogens with one attached hydrogen (secondary N) is 1. The third kappa shape index (κ3) is 2.11. The standard InChI is InChI=1S/C18H16N2O/c21-18(17-15-6-2-1-4-14(15)11-20-17)13-7-8-16-12(10-13)5-3-9-19-16/h1-10,17-18,20-21H,11H2. The third-order valence-electron chi connectivity index (χ3n) is 4.19. The van der Waals surface area contributed by atoms with Crippen LogP contribution in [0.4, 0.5) is 0 Å². The smallest absolute Gasteiger partial charge is 0.0985 e. The third-order valence-corrected chi connectivity index (χ3v) is 4.19. The molecule has 3 nitrogen and oxygen atoms in total. The molecule has 0 fully saturated rings. The second-order valence-corrected chi connectivity index (χ2v) is 5.46. The van der Waals surface area contributed by atoms with E-state index in [0.717, 1.165) is 23.0 Å². The Labute approximate surface area is 123 Å². The van der Waals surface area contributed by atoms with Crippen molar-refractivity contribution in [3.63, 3.8) is 0 Å². The number of rotatable bonds is 2. The Morgan fingerprint density at radius 3 is 2.95 bits per heavy atom. The Morgan fingerprint density at radius 2 is 2.00 bits per heavy atom. The fourth-order valence-electron chi connectivity index (χ4n) is 3.08. The lowest BCUT2D eigenvalue weighted by Gasteiger charge is -2.20. The summed E-state index contributed by atoms with van der Waals surface area (Å²) in [7, 11) is 0. The Balaban J connectivity index is 1.72. The summed E-state index contributed by atoms with van der Waals surface area (Å²) in [6.45, 7) is 0.813. The van der Waals surface area contributed by atoms with Crippen molar-refractivity contribution in [2.24, 2.45) is 0 Å². The number of hydrogen-bond donors (Lipinski definition) is 2. The number of benzene rings is 2. The number of aromatic nitrogens is 1. The molecule has 3 heteroatoms. The molecule has 3 aromatic rings. The molecule has 0 radical (unpaired) electrons. The molecule has 21 heavy (non-hydrogen) atoms. The van der Waals surface area contributed by atoms with Crippen molar-refractivity contribution in [3.05, 3.63) is 77.5 Å². The molecule has 1 aromatic heterocycles. The first-order chi connectivity index (χ1) is 10.3. The summed E-state index contributed by atoms with van der Waals surface area (Å²) in [5.74, 6) is 0. The highest BCUT2D eigenvalue weighted by Gasteiger charge is 2.28. The van der Waals surface area contributed by atoms with Crippen LogP contribution in [0.25, 0.3) is 10.9 Å². The molecule has 2 heterocycles. The van der Waals surface area contributed by atoms with Gasteiger partial charge < -0.3 is 10.4 Å². The molecule has 1 aliphatic heterocycles. The molecule has 0 bridgehead atoms. The molecule has 4 rings (SSSR count). The van der Waals surface area contributed by atoms with Gasteiger partial charge in [-0.25, -0.2) is 0 Å². The highest BCUT2D eigenvalue weighted by molar-refractivity contribution is 5.79. The maximum atomic E-state index is 10.7. The van der Waals surface area contributed by atoms with Crippen LogP contribution < -0.4 is 5.32 Å². The second kappa shape index (κ2) is 4.95. The molecule has 0 amide bonds. The lowest BCUT2D eigenvalue weighted by molar-refractivity contribution is 0.134. The zero-order valence-corrected chi connectivity index (χ0v) is 11.5. The van der Waals surface area contributed by atoms with E-state index in [0.29, 0.717) is 0 Å². The summed E-state index contributed by atoms with van der Waals surface area (Å²) in [5.41, 5.74) is 4.33. The monoisotopic (exact) mass is 276 g/mol. The molecule has 0 saturated carbocycles. The van der Waals surface area contributed by atoms with Crippen LogP contribution in [-0.2, 0) is 6.54 Å². The first-order valence-electron chi connectivity index (χ1n) is 7.17. The average Bonchev–Trinajstić information content (AvgIpc) is 2.98. The van der Waals surface area contributed by atoms with Gasteiger partial charge in [-0.2, -0.15) is 0 Å². The van der Waals surface area contributed by atoms with Crippen molar-refractivity contribution in [1.29, 1.82) is 0 Å². The van der Waals surface area contributed by atoms with Crippen LogP contribution in [0, 0.1) is 0 Å². The number of aliphatic hydroxyl groups is 1. The quantitative estimate of drug-likeness (QED) is 0.756. The number of aliphatic hydroxyl groups excluding tert-OH is 1. The average molecular weight is 276 g/mol. The van der Waals surface area contributed by atoms with Crippen molar-refractivity contribution in [3.8, 4) is 0 Å². The van der Waals surface area contributed by atoms with E-state index < -0.39 is 6.10 Å². The van der Waals surface area contributed by atoms with Gasteiger partial charge in [-0.1, -0.05) is 36.4 Å². The molecule has 0 spiro atoms. The molecule has 2 unspecified atom stereocenters. The van der Waals surface area contributed by atoms with Gasteiger partial charge in [-0.15, -0.1) is 0 Å². The number of fused-ring (bicyclic) bond motifs is 2. The van der Waals surface area contributed by atoms with Crippen LogP contribution in [0.1, 0.15) is 28.8 Å². The van der Waals surface area contributed by atoms with E-state index >= 15 is 0 Å². The molecular formula is C18H16N2O. The molecule has 0 aliphatic carbocycles.